The zero-order chi connectivity index (χ0) is 12.3. The van der Waals surface area contributed by atoms with E-state index in [0.717, 1.165) is 17.7 Å². The molecule has 0 saturated carbocycles. The van der Waals surface area contributed by atoms with E-state index in [9.17, 15) is 13.6 Å². The molecule has 0 bridgehead atoms. The van der Waals surface area contributed by atoms with Crippen LogP contribution in [0.5, 0.6) is 0 Å². The number of thiophene rings is 1. The van der Waals surface area contributed by atoms with Crippen LogP contribution in [0.15, 0.2) is 41.1 Å². The van der Waals surface area contributed by atoms with E-state index in [-0.39, 0.29) is 5.56 Å². The lowest BCUT2D eigenvalue weighted by atomic mass is 10.1. The van der Waals surface area contributed by atoms with Crippen LogP contribution < -0.4 is 0 Å². The SMILES string of the molecule is O=C(/C=C/c1ccsc1)c1ccc(F)cc1F. The summed E-state index contributed by atoms with van der Waals surface area (Å²) in [7, 11) is 0. The quantitative estimate of drug-likeness (QED) is 0.596. The molecule has 4 heteroatoms. The summed E-state index contributed by atoms with van der Waals surface area (Å²) in [6, 6.07) is 4.75. The Morgan fingerprint density at radius 2 is 2.06 bits per heavy atom. The summed E-state index contributed by atoms with van der Waals surface area (Å²) in [6.45, 7) is 0. The molecule has 1 aromatic heterocycles. The predicted molar refractivity (Wildman–Crippen MR) is 64.0 cm³/mol. The summed E-state index contributed by atoms with van der Waals surface area (Å²) in [4.78, 5) is 11.6. The first kappa shape index (κ1) is 11.7. The van der Waals surface area contributed by atoms with Gasteiger partial charge in [0.25, 0.3) is 0 Å². The minimum absolute atomic E-state index is 0.127. The fraction of sp³-hybridized carbons (Fsp3) is 0. The van der Waals surface area contributed by atoms with E-state index in [4.69, 9.17) is 0 Å². The first-order valence-corrected chi connectivity index (χ1v) is 5.81. The third-order valence-electron chi connectivity index (χ3n) is 2.17. The number of hydrogen-bond acceptors (Lipinski definition) is 2. The Morgan fingerprint density at radius 1 is 1.24 bits per heavy atom. The number of hydrogen-bond donors (Lipinski definition) is 0. The molecule has 0 unspecified atom stereocenters. The van der Waals surface area contributed by atoms with Gasteiger partial charge in [-0.05, 0) is 40.6 Å². The first-order valence-electron chi connectivity index (χ1n) is 4.86. The highest BCUT2D eigenvalue weighted by Crippen LogP contribution is 2.13. The zero-order valence-corrected chi connectivity index (χ0v) is 9.51. The number of halogens is 2. The van der Waals surface area contributed by atoms with Gasteiger partial charge in [0.05, 0.1) is 5.56 Å². The summed E-state index contributed by atoms with van der Waals surface area (Å²) >= 11 is 1.51. The first-order chi connectivity index (χ1) is 8.16. The van der Waals surface area contributed by atoms with Crippen LogP contribution in [0.25, 0.3) is 6.08 Å². The Bertz CT molecular complexity index is 559. The second-order valence-electron chi connectivity index (χ2n) is 3.38. The molecule has 2 rings (SSSR count). The second-order valence-corrected chi connectivity index (χ2v) is 4.16. The molecule has 1 aromatic carbocycles. The highest BCUT2D eigenvalue weighted by atomic mass is 32.1. The third-order valence-corrected chi connectivity index (χ3v) is 2.87. The third kappa shape index (κ3) is 2.85. The van der Waals surface area contributed by atoms with Crippen molar-refractivity contribution in [2.24, 2.45) is 0 Å². The van der Waals surface area contributed by atoms with E-state index >= 15 is 0 Å². The Labute approximate surface area is 101 Å². The molecule has 2 aromatic rings. The van der Waals surface area contributed by atoms with Crippen LogP contribution in [0.1, 0.15) is 15.9 Å². The van der Waals surface area contributed by atoms with Crippen molar-refractivity contribution in [3.8, 4) is 0 Å². The zero-order valence-electron chi connectivity index (χ0n) is 8.69. The fourth-order valence-corrected chi connectivity index (χ4v) is 1.95. The summed E-state index contributed by atoms with van der Waals surface area (Å²) in [6.07, 6.45) is 2.88. The highest BCUT2D eigenvalue weighted by Gasteiger charge is 2.09. The van der Waals surface area contributed by atoms with Gasteiger partial charge in [-0.15, -0.1) is 0 Å². The second kappa shape index (κ2) is 5.01. The van der Waals surface area contributed by atoms with Crippen LogP contribution in [-0.2, 0) is 0 Å². The molecule has 1 heterocycles. The summed E-state index contributed by atoms with van der Waals surface area (Å²) in [5.41, 5.74) is 0.753. The number of rotatable bonds is 3. The van der Waals surface area contributed by atoms with Crippen molar-refractivity contribution in [1.82, 2.24) is 0 Å². The average Bonchev–Trinajstić information content (AvgIpc) is 2.78. The Morgan fingerprint density at radius 3 is 2.71 bits per heavy atom. The molecule has 1 nitrogen and oxygen atoms in total. The lowest BCUT2D eigenvalue weighted by Crippen LogP contribution is -1.98. The largest absolute Gasteiger partial charge is 0.289 e. The molecule has 0 radical (unpaired) electrons. The number of carbonyl (C=O) groups excluding carboxylic acids is 1. The van der Waals surface area contributed by atoms with Crippen molar-refractivity contribution in [3.63, 3.8) is 0 Å². The predicted octanol–water partition coefficient (Wildman–Crippen LogP) is 3.92. The van der Waals surface area contributed by atoms with Gasteiger partial charge in [0.2, 0.25) is 0 Å². The van der Waals surface area contributed by atoms with Crippen molar-refractivity contribution in [3.05, 3.63) is 63.9 Å². The Kier molecular flexibility index (Phi) is 3.44. The lowest BCUT2D eigenvalue weighted by Gasteiger charge is -1.97. The maximum atomic E-state index is 13.3. The molecular weight excluding hydrogens is 242 g/mol. The standard InChI is InChI=1S/C13H8F2OS/c14-10-2-3-11(12(15)7-10)13(16)4-1-9-5-6-17-8-9/h1-8H/b4-1+. The van der Waals surface area contributed by atoms with Gasteiger partial charge >= 0.3 is 0 Å². The normalized spacial score (nSPS) is 10.9. The molecule has 0 fully saturated rings. The van der Waals surface area contributed by atoms with Crippen LogP contribution in [0.3, 0.4) is 0 Å². The van der Waals surface area contributed by atoms with Gasteiger partial charge in [-0.2, -0.15) is 11.3 Å². The summed E-state index contributed by atoms with van der Waals surface area (Å²) in [5, 5.41) is 3.74. The van der Waals surface area contributed by atoms with Gasteiger partial charge in [-0.3, -0.25) is 4.79 Å². The van der Waals surface area contributed by atoms with E-state index in [2.05, 4.69) is 0 Å². The minimum Gasteiger partial charge on any atom is -0.289 e. The highest BCUT2D eigenvalue weighted by molar-refractivity contribution is 7.08. The molecule has 17 heavy (non-hydrogen) atoms. The Balaban J connectivity index is 2.20. The average molecular weight is 250 g/mol. The number of ketones is 1. The van der Waals surface area contributed by atoms with E-state index in [1.165, 1.54) is 17.4 Å². The number of benzene rings is 1. The van der Waals surface area contributed by atoms with Crippen molar-refractivity contribution >= 4 is 23.2 Å². The van der Waals surface area contributed by atoms with Crippen LogP contribution >= 0.6 is 11.3 Å². The Hall–Kier alpha value is -1.81. The van der Waals surface area contributed by atoms with E-state index in [0.29, 0.717) is 6.07 Å². The summed E-state index contributed by atoms with van der Waals surface area (Å²) < 4.78 is 25.9. The van der Waals surface area contributed by atoms with Crippen LogP contribution in [0, 0.1) is 11.6 Å². The fourth-order valence-electron chi connectivity index (χ4n) is 1.32. The number of carbonyl (C=O) groups is 1. The van der Waals surface area contributed by atoms with E-state index in [1.807, 2.05) is 16.8 Å². The maximum Gasteiger partial charge on any atom is 0.188 e. The van der Waals surface area contributed by atoms with Crippen molar-refractivity contribution < 1.29 is 13.6 Å². The molecule has 0 atom stereocenters. The maximum absolute atomic E-state index is 13.3. The summed E-state index contributed by atoms with van der Waals surface area (Å²) in [5.74, 6) is -2.01. The molecule has 0 aliphatic rings. The van der Waals surface area contributed by atoms with Crippen molar-refractivity contribution in [1.29, 1.82) is 0 Å². The van der Waals surface area contributed by atoms with Crippen LogP contribution in [-0.4, -0.2) is 5.78 Å². The van der Waals surface area contributed by atoms with Gasteiger partial charge in [0.15, 0.2) is 5.78 Å². The van der Waals surface area contributed by atoms with Gasteiger partial charge < -0.3 is 0 Å². The van der Waals surface area contributed by atoms with E-state index < -0.39 is 17.4 Å². The molecule has 0 saturated heterocycles. The molecule has 86 valence electrons. The molecular formula is C13H8F2OS. The lowest BCUT2D eigenvalue weighted by molar-refractivity contribution is 0.104. The van der Waals surface area contributed by atoms with Crippen molar-refractivity contribution in [2.75, 3.05) is 0 Å². The van der Waals surface area contributed by atoms with Gasteiger partial charge in [0, 0.05) is 6.07 Å². The van der Waals surface area contributed by atoms with Gasteiger partial charge in [-0.1, -0.05) is 6.08 Å². The van der Waals surface area contributed by atoms with Gasteiger partial charge in [-0.25, -0.2) is 8.78 Å². The molecule has 0 aliphatic carbocycles. The smallest absolute Gasteiger partial charge is 0.188 e. The molecule has 0 spiro atoms. The van der Waals surface area contributed by atoms with Crippen LogP contribution in [0.2, 0.25) is 0 Å². The minimum atomic E-state index is -0.843. The van der Waals surface area contributed by atoms with E-state index in [1.54, 1.807) is 6.08 Å². The molecule has 0 N–H and O–H groups in total. The number of allylic oxidation sites excluding steroid dienone is 1. The van der Waals surface area contributed by atoms with Crippen LogP contribution in [0.4, 0.5) is 8.78 Å². The molecule has 0 amide bonds. The topological polar surface area (TPSA) is 17.1 Å². The van der Waals surface area contributed by atoms with Gasteiger partial charge in [0.1, 0.15) is 11.6 Å². The van der Waals surface area contributed by atoms with Crippen molar-refractivity contribution in [2.45, 2.75) is 0 Å². The molecule has 0 aliphatic heterocycles. The monoisotopic (exact) mass is 250 g/mol.